The summed E-state index contributed by atoms with van der Waals surface area (Å²) >= 11 is 11.4. The van der Waals surface area contributed by atoms with Crippen LogP contribution in [0, 0.1) is 0 Å². The van der Waals surface area contributed by atoms with Gasteiger partial charge in [-0.05, 0) is 41.1 Å². The molecule has 0 unspecified atom stereocenters. The molecule has 1 aromatic rings. The summed E-state index contributed by atoms with van der Waals surface area (Å²) in [4.78, 5) is 4.33. The maximum atomic E-state index is 5.90. The molecule has 0 amide bonds. The van der Waals surface area contributed by atoms with Gasteiger partial charge in [-0.15, -0.1) is 0 Å². The number of halogens is 2. The zero-order chi connectivity index (χ0) is 13.0. The number of anilines is 1. The number of thioether (sulfide) groups is 1. The summed E-state index contributed by atoms with van der Waals surface area (Å²) < 4.78 is 1.31. The molecule has 1 N–H and O–H groups in total. The zero-order valence-electron chi connectivity index (χ0n) is 10.5. The van der Waals surface area contributed by atoms with Crippen LogP contribution < -0.4 is 5.32 Å². The fourth-order valence-corrected chi connectivity index (χ4v) is 4.13. The van der Waals surface area contributed by atoms with Gasteiger partial charge in [-0.3, -0.25) is 0 Å². The number of pyridine rings is 1. The number of nitrogens with zero attached hydrogens (tertiary/aromatic N) is 1. The lowest BCUT2D eigenvalue weighted by Gasteiger charge is -2.36. The van der Waals surface area contributed by atoms with Crippen molar-refractivity contribution in [1.82, 2.24) is 4.98 Å². The molecular formula is C13H18BrClN2S. The molecule has 0 aliphatic heterocycles. The quantitative estimate of drug-likeness (QED) is 0.830. The van der Waals surface area contributed by atoms with E-state index < -0.39 is 0 Å². The van der Waals surface area contributed by atoms with Gasteiger partial charge in [0.15, 0.2) is 0 Å². The molecule has 1 aliphatic rings. The van der Waals surface area contributed by atoms with Crippen molar-refractivity contribution >= 4 is 45.1 Å². The number of rotatable bonds is 4. The molecule has 0 atom stereocenters. The molecule has 18 heavy (non-hydrogen) atoms. The molecule has 1 heterocycles. The van der Waals surface area contributed by atoms with Crippen LogP contribution in [0.1, 0.15) is 32.1 Å². The first-order valence-electron chi connectivity index (χ1n) is 6.25. The van der Waals surface area contributed by atoms with E-state index in [2.05, 4.69) is 32.5 Å². The SMILES string of the molecule is CSC1(CNc2ncc(Cl)cc2Br)CCCCC1. The van der Waals surface area contributed by atoms with E-state index in [1.54, 1.807) is 6.20 Å². The first-order valence-corrected chi connectivity index (χ1v) is 8.65. The fraction of sp³-hybridized carbons (Fsp3) is 0.615. The standard InChI is InChI=1S/C13H18BrClN2S/c1-18-13(5-3-2-4-6-13)9-17-12-11(14)7-10(15)8-16-12/h7-8H,2-6,9H2,1H3,(H,16,17). The second kappa shape index (κ2) is 6.49. The molecule has 0 bridgehead atoms. The summed E-state index contributed by atoms with van der Waals surface area (Å²) in [7, 11) is 0. The Hall–Kier alpha value is 0.0700. The van der Waals surface area contributed by atoms with E-state index in [0.717, 1.165) is 16.8 Å². The van der Waals surface area contributed by atoms with Crippen LogP contribution >= 0.6 is 39.3 Å². The molecule has 1 saturated carbocycles. The highest BCUT2D eigenvalue weighted by Gasteiger charge is 2.31. The largest absolute Gasteiger partial charge is 0.368 e. The molecule has 0 aromatic carbocycles. The average molecular weight is 350 g/mol. The molecule has 1 aliphatic carbocycles. The van der Waals surface area contributed by atoms with Crippen LogP contribution in [-0.4, -0.2) is 22.5 Å². The Morgan fingerprint density at radius 1 is 1.44 bits per heavy atom. The van der Waals surface area contributed by atoms with E-state index in [1.807, 2.05) is 17.8 Å². The van der Waals surface area contributed by atoms with Gasteiger partial charge in [-0.1, -0.05) is 30.9 Å². The van der Waals surface area contributed by atoms with Crippen molar-refractivity contribution in [2.24, 2.45) is 0 Å². The van der Waals surface area contributed by atoms with Gasteiger partial charge < -0.3 is 5.32 Å². The third kappa shape index (κ3) is 3.55. The van der Waals surface area contributed by atoms with Gasteiger partial charge in [-0.25, -0.2) is 4.98 Å². The number of hydrogen-bond donors (Lipinski definition) is 1. The van der Waals surface area contributed by atoms with E-state index in [9.17, 15) is 0 Å². The number of aromatic nitrogens is 1. The van der Waals surface area contributed by atoms with Crippen LogP contribution in [-0.2, 0) is 0 Å². The van der Waals surface area contributed by atoms with Crippen molar-refractivity contribution in [2.75, 3.05) is 18.1 Å². The van der Waals surface area contributed by atoms with E-state index in [0.29, 0.717) is 9.77 Å². The molecule has 2 rings (SSSR count). The lowest BCUT2D eigenvalue weighted by atomic mass is 9.88. The third-order valence-corrected chi connectivity index (χ3v) is 5.81. The lowest BCUT2D eigenvalue weighted by molar-refractivity contribution is 0.411. The van der Waals surface area contributed by atoms with Crippen LogP contribution in [0.15, 0.2) is 16.7 Å². The van der Waals surface area contributed by atoms with Gasteiger partial charge in [0.25, 0.3) is 0 Å². The Balaban J connectivity index is 2.01. The third-order valence-electron chi connectivity index (χ3n) is 3.58. The fourth-order valence-electron chi connectivity index (χ4n) is 2.44. The Labute approximate surface area is 126 Å². The summed E-state index contributed by atoms with van der Waals surface area (Å²) in [6.07, 6.45) is 10.6. The maximum absolute atomic E-state index is 5.90. The smallest absolute Gasteiger partial charge is 0.140 e. The Morgan fingerprint density at radius 2 is 2.17 bits per heavy atom. The Bertz CT molecular complexity index is 408. The zero-order valence-corrected chi connectivity index (χ0v) is 13.7. The minimum atomic E-state index is 0.374. The molecule has 100 valence electrons. The summed E-state index contributed by atoms with van der Waals surface area (Å²) in [6, 6.07) is 1.88. The minimum Gasteiger partial charge on any atom is -0.368 e. The van der Waals surface area contributed by atoms with Gasteiger partial charge in [-0.2, -0.15) is 11.8 Å². The first kappa shape index (κ1) is 14.5. The van der Waals surface area contributed by atoms with Crippen molar-refractivity contribution in [3.8, 4) is 0 Å². The highest BCUT2D eigenvalue weighted by atomic mass is 79.9. The molecule has 1 aromatic heterocycles. The van der Waals surface area contributed by atoms with E-state index in [-0.39, 0.29) is 0 Å². The average Bonchev–Trinajstić information content (AvgIpc) is 2.39. The Morgan fingerprint density at radius 3 is 2.78 bits per heavy atom. The van der Waals surface area contributed by atoms with Gasteiger partial charge >= 0.3 is 0 Å². The van der Waals surface area contributed by atoms with Crippen LogP contribution in [0.3, 0.4) is 0 Å². The second-order valence-corrected chi connectivity index (χ2v) is 7.35. The molecular weight excluding hydrogens is 332 g/mol. The van der Waals surface area contributed by atoms with Gasteiger partial charge in [0.1, 0.15) is 5.82 Å². The highest BCUT2D eigenvalue weighted by molar-refractivity contribution is 9.10. The van der Waals surface area contributed by atoms with Crippen molar-refractivity contribution in [2.45, 2.75) is 36.9 Å². The maximum Gasteiger partial charge on any atom is 0.140 e. The molecule has 0 radical (unpaired) electrons. The molecule has 0 spiro atoms. The predicted octanol–water partition coefficient (Wildman–Crippen LogP) is 4.98. The monoisotopic (exact) mass is 348 g/mol. The summed E-state index contributed by atoms with van der Waals surface area (Å²) in [5.74, 6) is 0.887. The van der Waals surface area contributed by atoms with Gasteiger partial charge in [0.05, 0.1) is 9.50 Å². The van der Waals surface area contributed by atoms with Crippen LogP contribution in [0.2, 0.25) is 5.02 Å². The van der Waals surface area contributed by atoms with Gasteiger partial charge in [0, 0.05) is 17.5 Å². The predicted molar refractivity (Wildman–Crippen MR) is 84.8 cm³/mol. The first-order chi connectivity index (χ1) is 8.65. The van der Waals surface area contributed by atoms with Crippen molar-refractivity contribution in [3.05, 3.63) is 21.8 Å². The van der Waals surface area contributed by atoms with E-state index in [4.69, 9.17) is 11.6 Å². The number of hydrogen-bond acceptors (Lipinski definition) is 3. The number of nitrogens with one attached hydrogen (secondary N) is 1. The van der Waals surface area contributed by atoms with Crippen molar-refractivity contribution in [3.63, 3.8) is 0 Å². The van der Waals surface area contributed by atoms with Crippen LogP contribution in [0.25, 0.3) is 0 Å². The highest BCUT2D eigenvalue weighted by Crippen LogP contribution is 2.39. The van der Waals surface area contributed by atoms with Crippen molar-refractivity contribution < 1.29 is 0 Å². The molecule has 1 fully saturated rings. The van der Waals surface area contributed by atoms with Crippen LogP contribution in [0.5, 0.6) is 0 Å². The molecule has 0 saturated heterocycles. The van der Waals surface area contributed by atoms with Crippen molar-refractivity contribution in [1.29, 1.82) is 0 Å². The van der Waals surface area contributed by atoms with Gasteiger partial charge in [0.2, 0.25) is 0 Å². The molecule has 2 nitrogen and oxygen atoms in total. The second-order valence-electron chi connectivity index (χ2n) is 4.79. The van der Waals surface area contributed by atoms with Crippen LogP contribution in [0.4, 0.5) is 5.82 Å². The summed E-state index contributed by atoms with van der Waals surface area (Å²) in [5, 5.41) is 4.12. The molecule has 5 heteroatoms. The topological polar surface area (TPSA) is 24.9 Å². The van der Waals surface area contributed by atoms with E-state index in [1.165, 1.54) is 32.1 Å². The summed E-state index contributed by atoms with van der Waals surface area (Å²) in [6.45, 7) is 0.974. The van der Waals surface area contributed by atoms with E-state index >= 15 is 0 Å². The minimum absolute atomic E-state index is 0.374. The normalized spacial score (nSPS) is 18.6. The Kier molecular flexibility index (Phi) is 5.22. The lowest BCUT2D eigenvalue weighted by Crippen LogP contribution is -2.35. The summed E-state index contributed by atoms with van der Waals surface area (Å²) in [5.41, 5.74) is 0.